The molecule has 0 aromatic heterocycles. The van der Waals surface area contributed by atoms with Gasteiger partial charge >= 0.3 is 0 Å². The zero-order valence-corrected chi connectivity index (χ0v) is 13.1. The SMILES string of the molecule is Cc1ccc(SCCSc2cc(Cl)ccc2N)cc1. The number of rotatable bonds is 5. The minimum atomic E-state index is 0.739. The summed E-state index contributed by atoms with van der Waals surface area (Å²) in [6.07, 6.45) is 0. The van der Waals surface area contributed by atoms with E-state index in [0.717, 1.165) is 27.1 Å². The molecule has 0 heterocycles. The van der Waals surface area contributed by atoms with Gasteiger partial charge in [0.15, 0.2) is 0 Å². The molecule has 0 fully saturated rings. The van der Waals surface area contributed by atoms with Crippen LogP contribution in [0.5, 0.6) is 0 Å². The lowest BCUT2D eigenvalue weighted by Gasteiger charge is -2.06. The van der Waals surface area contributed by atoms with Crippen molar-refractivity contribution in [3.8, 4) is 0 Å². The molecule has 0 saturated heterocycles. The zero-order valence-electron chi connectivity index (χ0n) is 10.7. The third-order valence-corrected chi connectivity index (χ3v) is 5.19. The van der Waals surface area contributed by atoms with Crippen LogP contribution in [0.4, 0.5) is 5.69 Å². The predicted octanol–water partition coefficient (Wildman–Crippen LogP) is 5.12. The summed E-state index contributed by atoms with van der Waals surface area (Å²) < 4.78 is 0. The van der Waals surface area contributed by atoms with Crippen molar-refractivity contribution >= 4 is 40.8 Å². The van der Waals surface area contributed by atoms with Crippen molar-refractivity contribution < 1.29 is 0 Å². The topological polar surface area (TPSA) is 26.0 Å². The average Bonchev–Trinajstić information content (AvgIpc) is 2.40. The molecule has 100 valence electrons. The molecule has 0 atom stereocenters. The molecule has 0 bridgehead atoms. The molecule has 0 radical (unpaired) electrons. The average molecular weight is 310 g/mol. The Morgan fingerprint density at radius 2 is 1.68 bits per heavy atom. The quantitative estimate of drug-likeness (QED) is 0.472. The molecule has 2 aromatic rings. The molecule has 0 saturated carbocycles. The van der Waals surface area contributed by atoms with E-state index in [4.69, 9.17) is 17.3 Å². The highest BCUT2D eigenvalue weighted by Gasteiger charge is 2.01. The van der Waals surface area contributed by atoms with Crippen molar-refractivity contribution in [1.82, 2.24) is 0 Å². The molecule has 4 heteroatoms. The summed E-state index contributed by atoms with van der Waals surface area (Å²) >= 11 is 9.58. The van der Waals surface area contributed by atoms with Crippen molar-refractivity contribution in [3.05, 3.63) is 53.1 Å². The number of nitrogens with two attached hydrogens (primary N) is 1. The second-order valence-electron chi connectivity index (χ2n) is 4.19. The molecular formula is C15H16ClNS2. The van der Waals surface area contributed by atoms with Crippen molar-refractivity contribution in [3.63, 3.8) is 0 Å². The second-order valence-corrected chi connectivity index (χ2v) is 6.93. The number of benzene rings is 2. The van der Waals surface area contributed by atoms with Crippen LogP contribution in [0.1, 0.15) is 5.56 Å². The van der Waals surface area contributed by atoms with Crippen molar-refractivity contribution in [2.45, 2.75) is 16.7 Å². The first-order valence-electron chi connectivity index (χ1n) is 6.02. The van der Waals surface area contributed by atoms with Gasteiger partial charge in [-0.15, -0.1) is 23.5 Å². The van der Waals surface area contributed by atoms with Crippen LogP contribution in [0.3, 0.4) is 0 Å². The van der Waals surface area contributed by atoms with Crippen LogP contribution in [0.2, 0.25) is 5.02 Å². The Bertz CT molecular complexity index is 540. The Balaban J connectivity index is 1.80. The maximum absolute atomic E-state index is 5.97. The third kappa shape index (κ3) is 4.68. The highest BCUT2D eigenvalue weighted by atomic mass is 35.5. The highest BCUT2D eigenvalue weighted by Crippen LogP contribution is 2.29. The van der Waals surface area contributed by atoms with Gasteiger partial charge in [-0.1, -0.05) is 29.3 Å². The van der Waals surface area contributed by atoms with Crippen LogP contribution < -0.4 is 5.73 Å². The maximum Gasteiger partial charge on any atom is 0.0453 e. The van der Waals surface area contributed by atoms with Crippen LogP contribution in [0.15, 0.2) is 52.3 Å². The molecule has 0 unspecified atom stereocenters. The first kappa shape index (κ1) is 14.6. The molecule has 1 nitrogen and oxygen atoms in total. The predicted molar refractivity (Wildman–Crippen MR) is 88.5 cm³/mol. The molecule has 19 heavy (non-hydrogen) atoms. The van der Waals surface area contributed by atoms with Crippen LogP contribution in [0.25, 0.3) is 0 Å². The number of hydrogen-bond acceptors (Lipinski definition) is 3. The Morgan fingerprint density at radius 1 is 1.00 bits per heavy atom. The van der Waals surface area contributed by atoms with E-state index in [0.29, 0.717) is 0 Å². The Labute approximate surface area is 127 Å². The van der Waals surface area contributed by atoms with E-state index < -0.39 is 0 Å². The lowest BCUT2D eigenvalue weighted by Crippen LogP contribution is -1.90. The van der Waals surface area contributed by atoms with Crippen molar-refractivity contribution in [1.29, 1.82) is 0 Å². The Morgan fingerprint density at radius 3 is 2.42 bits per heavy atom. The highest BCUT2D eigenvalue weighted by molar-refractivity contribution is 8.03. The van der Waals surface area contributed by atoms with E-state index >= 15 is 0 Å². The lowest BCUT2D eigenvalue weighted by atomic mass is 10.2. The second kappa shape index (κ2) is 7.13. The molecule has 0 spiro atoms. The number of thioether (sulfide) groups is 2. The van der Waals surface area contributed by atoms with E-state index in [1.54, 1.807) is 11.8 Å². The van der Waals surface area contributed by atoms with Crippen LogP contribution in [0, 0.1) is 6.92 Å². The molecule has 0 aliphatic rings. The summed E-state index contributed by atoms with van der Waals surface area (Å²) in [5, 5.41) is 0.739. The maximum atomic E-state index is 5.97. The van der Waals surface area contributed by atoms with E-state index in [9.17, 15) is 0 Å². The summed E-state index contributed by atoms with van der Waals surface area (Å²) in [6.45, 7) is 2.10. The monoisotopic (exact) mass is 309 g/mol. The van der Waals surface area contributed by atoms with E-state index in [-0.39, 0.29) is 0 Å². The largest absolute Gasteiger partial charge is 0.398 e. The van der Waals surface area contributed by atoms with Gasteiger partial charge in [0.2, 0.25) is 0 Å². The summed E-state index contributed by atoms with van der Waals surface area (Å²) in [5.41, 5.74) is 8.01. The molecule has 0 aliphatic carbocycles. The van der Waals surface area contributed by atoms with Gasteiger partial charge < -0.3 is 5.73 Å². The van der Waals surface area contributed by atoms with Gasteiger partial charge in [0, 0.05) is 32.0 Å². The summed E-state index contributed by atoms with van der Waals surface area (Å²) in [4.78, 5) is 2.38. The first-order chi connectivity index (χ1) is 9.15. The third-order valence-electron chi connectivity index (χ3n) is 2.61. The van der Waals surface area contributed by atoms with Gasteiger partial charge in [-0.2, -0.15) is 0 Å². The summed E-state index contributed by atoms with van der Waals surface area (Å²) in [5.74, 6) is 2.07. The lowest BCUT2D eigenvalue weighted by molar-refractivity contribution is 1.37. The van der Waals surface area contributed by atoms with Gasteiger partial charge in [-0.25, -0.2) is 0 Å². The molecule has 2 aromatic carbocycles. The van der Waals surface area contributed by atoms with Gasteiger partial charge in [-0.05, 0) is 37.3 Å². The number of nitrogen functional groups attached to an aromatic ring is 1. The minimum absolute atomic E-state index is 0.739. The fourth-order valence-electron chi connectivity index (χ4n) is 1.58. The standard InChI is InChI=1S/C15H16ClNS2/c1-11-2-5-13(6-3-11)18-8-9-19-15-10-12(16)4-7-14(15)17/h2-7,10H,8-9,17H2,1H3. The number of aryl methyl sites for hydroxylation is 1. The van der Waals surface area contributed by atoms with Crippen molar-refractivity contribution in [2.24, 2.45) is 0 Å². The van der Waals surface area contributed by atoms with Crippen LogP contribution >= 0.6 is 35.1 Å². The van der Waals surface area contributed by atoms with Gasteiger partial charge in [0.1, 0.15) is 0 Å². The first-order valence-corrected chi connectivity index (χ1v) is 8.37. The number of anilines is 1. The molecule has 0 aliphatic heterocycles. The summed E-state index contributed by atoms with van der Waals surface area (Å²) in [6, 6.07) is 14.2. The Hall–Kier alpha value is -0.770. The number of halogens is 1. The fraction of sp³-hybridized carbons (Fsp3) is 0.200. The smallest absolute Gasteiger partial charge is 0.0453 e. The van der Waals surface area contributed by atoms with E-state index in [2.05, 4.69) is 31.2 Å². The normalized spacial score (nSPS) is 10.6. The van der Waals surface area contributed by atoms with Gasteiger partial charge in [0.05, 0.1) is 0 Å². The molecule has 0 amide bonds. The summed E-state index contributed by atoms with van der Waals surface area (Å²) in [7, 11) is 0. The van der Waals surface area contributed by atoms with Gasteiger partial charge in [-0.3, -0.25) is 0 Å². The van der Waals surface area contributed by atoms with E-state index in [1.165, 1.54) is 10.5 Å². The van der Waals surface area contributed by atoms with Crippen LogP contribution in [-0.2, 0) is 0 Å². The minimum Gasteiger partial charge on any atom is -0.398 e. The van der Waals surface area contributed by atoms with Crippen molar-refractivity contribution in [2.75, 3.05) is 17.2 Å². The Kier molecular flexibility index (Phi) is 5.49. The van der Waals surface area contributed by atoms with E-state index in [1.807, 2.05) is 30.0 Å². The van der Waals surface area contributed by atoms with Gasteiger partial charge in [0.25, 0.3) is 0 Å². The number of hydrogen-bond donors (Lipinski definition) is 1. The fourth-order valence-corrected chi connectivity index (χ4v) is 3.71. The van der Waals surface area contributed by atoms with Crippen LogP contribution in [-0.4, -0.2) is 11.5 Å². The zero-order chi connectivity index (χ0) is 13.7. The molecular weight excluding hydrogens is 294 g/mol. The molecule has 2 N–H and O–H groups in total. The molecule has 2 rings (SSSR count).